The molecule has 0 aromatic carbocycles. The number of carbonyl (C=O) groups is 3. The first-order valence-corrected chi connectivity index (χ1v) is 10.5. The van der Waals surface area contributed by atoms with Crippen LogP contribution < -0.4 is 5.32 Å². The first-order chi connectivity index (χ1) is 13.5. The van der Waals surface area contributed by atoms with E-state index in [1.807, 2.05) is 13.8 Å². The van der Waals surface area contributed by atoms with Gasteiger partial charge in [-0.15, -0.1) is 11.8 Å². The molecule has 2 atom stereocenters. The summed E-state index contributed by atoms with van der Waals surface area (Å²) < 4.78 is 15.7. The second kappa shape index (κ2) is 11.2. The molecule has 0 radical (unpaired) electrons. The number of rotatable bonds is 12. The van der Waals surface area contributed by atoms with Crippen molar-refractivity contribution in [3.05, 3.63) is 23.9 Å². The summed E-state index contributed by atoms with van der Waals surface area (Å²) >= 11 is 1.53. The number of nitrogens with one attached hydrogen (secondary N) is 1. The van der Waals surface area contributed by atoms with Crippen molar-refractivity contribution in [1.82, 2.24) is 10.2 Å². The Morgan fingerprint density at radius 2 is 2.04 bits per heavy atom. The number of fused-ring (bicyclic) bond motifs is 1. The van der Waals surface area contributed by atoms with E-state index in [4.69, 9.17) is 14.2 Å². The van der Waals surface area contributed by atoms with Gasteiger partial charge in [-0.2, -0.15) is 0 Å². The number of ether oxygens (including phenoxy) is 3. The largest absolute Gasteiger partial charge is 0.457 e. The molecule has 156 valence electrons. The van der Waals surface area contributed by atoms with Crippen molar-refractivity contribution in [2.75, 3.05) is 38.8 Å². The van der Waals surface area contributed by atoms with Crippen molar-refractivity contribution >= 4 is 29.5 Å². The minimum absolute atomic E-state index is 0.0820. The van der Waals surface area contributed by atoms with E-state index in [2.05, 4.69) is 11.9 Å². The van der Waals surface area contributed by atoms with Gasteiger partial charge in [-0.1, -0.05) is 26.5 Å². The van der Waals surface area contributed by atoms with E-state index in [-0.39, 0.29) is 30.4 Å². The lowest BCUT2D eigenvalue weighted by atomic mass is 10.0. The molecule has 8 nitrogen and oxygen atoms in total. The van der Waals surface area contributed by atoms with Crippen LogP contribution in [0.5, 0.6) is 0 Å². The molecule has 9 heteroatoms. The summed E-state index contributed by atoms with van der Waals surface area (Å²) in [4.78, 5) is 38.5. The minimum Gasteiger partial charge on any atom is -0.457 e. The third-order valence-corrected chi connectivity index (χ3v) is 5.61. The summed E-state index contributed by atoms with van der Waals surface area (Å²) in [7, 11) is 0. The van der Waals surface area contributed by atoms with Crippen LogP contribution in [0.4, 0.5) is 0 Å². The molecule has 2 heterocycles. The molecule has 1 N–H and O–H groups in total. The monoisotopic (exact) mass is 412 g/mol. The SMILES string of the molecule is C=CCOC(=O)C1=C(CC)CSC2[C@H](NC(=O)COCCOCCC)C(=O)N12. The first-order valence-electron chi connectivity index (χ1n) is 9.44. The number of thioether (sulfide) groups is 1. The van der Waals surface area contributed by atoms with Crippen molar-refractivity contribution in [3.63, 3.8) is 0 Å². The highest BCUT2D eigenvalue weighted by molar-refractivity contribution is 8.00. The zero-order chi connectivity index (χ0) is 20.5. The lowest BCUT2D eigenvalue weighted by Gasteiger charge is -2.49. The summed E-state index contributed by atoms with van der Waals surface area (Å²) in [6.07, 6.45) is 3.05. The van der Waals surface area contributed by atoms with Crippen molar-refractivity contribution < 1.29 is 28.6 Å². The van der Waals surface area contributed by atoms with Crippen LogP contribution in [0.25, 0.3) is 0 Å². The number of hydrogen-bond acceptors (Lipinski definition) is 7. The lowest BCUT2D eigenvalue weighted by Crippen LogP contribution is -2.70. The van der Waals surface area contributed by atoms with Crippen molar-refractivity contribution in [3.8, 4) is 0 Å². The van der Waals surface area contributed by atoms with E-state index in [1.54, 1.807) is 0 Å². The Morgan fingerprint density at radius 3 is 2.71 bits per heavy atom. The number of esters is 1. The molecule has 0 spiro atoms. The quantitative estimate of drug-likeness (QED) is 0.223. The molecule has 1 saturated heterocycles. The van der Waals surface area contributed by atoms with E-state index >= 15 is 0 Å². The normalized spacial score (nSPS) is 21.1. The van der Waals surface area contributed by atoms with E-state index in [1.165, 1.54) is 22.7 Å². The van der Waals surface area contributed by atoms with Crippen LogP contribution in [0.2, 0.25) is 0 Å². The van der Waals surface area contributed by atoms with Gasteiger partial charge in [0, 0.05) is 12.4 Å². The number of amides is 2. The molecular weight excluding hydrogens is 384 g/mol. The maximum Gasteiger partial charge on any atom is 0.355 e. The maximum atomic E-state index is 12.6. The van der Waals surface area contributed by atoms with E-state index in [0.717, 1.165) is 12.0 Å². The second-order valence-corrected chi connectivity index (χ2v) is 7.42. The molecule has 28 heavy (non-hydrogen) atoms. The molecule has 0 bridgehead atoms. The van der Waals surface area contributed by atoms with Crippen molar-refractivity contribution in [2.45, 2.75) is 38.1 Å². The Labute approximate surface area is 169 Å². The molecule has 0 aliphatic carbocycles. The summed E-state index contributed by atoms with van der Waals surface area (Å²) in [5.74, 6) is -0.597. The Morgan fingerprint density at radius 1 is 1.29 bits per heavy atom. The van der Waals surface area contributed by atoms with Gasteiger partial charge in [-0.05, 0) is 18.4 Å². The Bertz CT molecular complexity index is 636. The first kappa shape index (κ1) is 22.4. The minimum atomic E-state index is -0.668. The zero-order valence-electron chi connectivity index (χ0n) is 16.4. The summed E-state index contributed by atoms with van der Waals surface area (Å²) in [5, 5.41) is 2.38. The molecule has 1 fully saturated rings. The van der Waals surface area contributed by atoms with Gasteiger partial charge in [-0.25, -0.2) is 4.79 Å². The van der Waals surface area contributed by atoms with E-state index in [9.17, 15) is 14.4 Å². The molecular formula is C19H28N2O6S. The Hall–Kier alpha value is -1.84. The van der Waals surface area contributed by atoms with Crippen LogP contribution >= 0.6 is 11.8 Å². The number of nitrogens with zero attached hydrogens (tertiary/aromatic N) is 1. The highest BCUT2D eigenvalue weighted by atomic mass is 32.2. The standard InChI is InChI=1S/C19H28N2O6S/c1-4-7-25-9-10-26-11-14(22)20-15-17(23)21-16(19(24)27-8-5-2)13(6-3)12-28-18(15)21/h5,15,18H,2,4,6-12H2,1,3H3,(H,20,22)/t15-,18?/m1/s1. The van der Waals surface area contributed by atoms with Gasteiger partial charge in [0.1, 0.15) is 30.3 Å². The van der Waals surface area contributed by atoms with Gasteiger partial charge in [0.15, 0.2) is 0 Å². The fourth-order valence-electron chi connectivity index (χ4n) is 2.89. The van der Waals surface area contributed by atoms with E-state index in [0.29, 0.717) is 37.7 Å². The highest BCUT2D eigenvalue weighted by Gasteiger charge is 2.54. The van der Waals surface area contributed by atoms with Crippen LogP contribution in [0.3, 0.4) is 0 Å². The molecule has 2 amide bonds. The van der Waals surface area contributed by atoms with Crippen LogP contribution in [-0.2, 0) is 28.6 Å². The van der Waals surface area contributed by atoms with Crippen LogP contribution in [0.1, 0.15) is 26.7 Å². The van der Waals surface area contributed by atoms with Gasteiger partial charge < -0.3 is 19.5 Å². The van der Waals surface area contributed by atoms with Crippen molar-refractivity contribution in [2.24, 2.45) is 0 Å². The lowest BCUT2D eigenvalue weighted by molar-refractivity contribution is -0.152. The number of carbonyl (C=O) groups excluding carboxylic acids is 3. The average Bonchev–Trinajstić information content (AvgIpc) is 2.71. The molecule has 1 unspecified atom stereocenters. The average molecular weight is 413 g/mol. The Balaban J connectivity index is 1.88. The molecule has 0 aromatic rings. The summed E-state index contributed by atoms with van der Waals surface area (Å²) in [6, 6.07) is -0.668. The number of β-lactam (4-membered cyclic amide) rings is 1. The topological polar surface area (TPSA) is 94.2 Å². The van der Waals surface area contributed by atoms with Crippen LogP contribution in [0, 0.1) is 0 Å². The summed E-state index contributed by atoms with van der Waals surface area (Å²) in [5.41, 5.74) is 1.16. The van der Waals surface area contributed by atoms with Gasteiger partial charge in [0.05, 0.1) is 13.2 Å². The van der Waals surface area contributed by atoms with Crippen LogP contribution in [-0.4, -0.2) is 72.9 Å². The fourth-order valence-corrected chi connectivity index (χ4v) is 4.34. The molecule has 0 aromatic heterocycles. The Kier molecular flexibility index (Phi) is 9.01. The van der Waals surface area contributed by atoms with Gasteiger partial charge in [-0.3, -0.25) is 14.5 Å². The second-order valence-electron chi connectivity index (χ2n) is 6.31. The summed E-state index contributed by atoms with van der Waals surface area (Å²) in [6.45, 7) is 8.82. The third-order valence-electron chi connectivity index (χ3n) is 4.27. The zero-order valence-corrected chi connectivity index (χ0v) is 17.2. The molecule has 2 aliphatic heterocycles. The molecule has 2 rings (SSSR count). The fraction of sp³-hybridized carbons (Fsp3) is 0.632. The molecule has 0 saturated carbocycles. The highest BCUT2D eigenvalue weighted by Crippen LogP contribution is 2.41. The predicted octanol–water partition coefficient (Wildman–Crippen LogP) is 1.22. The predicted molar refractivity (Wildman–Crippen MR) is 105 cm³/mol. The van der Waals surface area contributed by atoms with Gasteiger partial charge >= 0.3 is 5.97 Å². The van der Waals surface area contributed by atoms with E-state index < -0.39 is 12.0 Å². The van der Waals surface area contributed by atoms with Crippen LogP contribution in [0.15, 0.2) is 23.9 Å². The van der Waals surface area contributed by atoms with Gasteiger partial charge in [0.2, 0.25) is 5.91 Å². The smallest absolute Gasteiger partial charge is 0.355 e. The number of hydrogen-bond donors (Lipinski definition) is 1. The van der Waals surface area contributed by atoms with Crippen molar-refractivity contribution in [1.29, 1.82) is 0 Å². The molecule has 2 aliphatic rings. The maximum absolute atomic E-state index is 12.6. The van der Waals surface area contributed by atoms with Gasteiger partial charge in [0.25, 0.3) is 5.91 Å². The third kappa shape index (κ3) is 5.36.